The van der Waals surface area contributed by atoms with E-state index >= 15 is 0 Å². The minimum Gasteiger partial charge on any atom is -0.382 e. The van der Waals surface area contributed by atoms with E-state index in [9.17, 15) is 4.79 Å². The Labute approximate surface area is 170 Å². The van der Waals surface area contributed by atoms with Crippen LogP contribution >= 0.6 is 0 Å². The monoisotopic (exact) mass is 397 g/mol. The Balaban J connectivity index is 1.37. The van der Waals surface area contributed by atoms with E-state index in [0.29, 0.717) is 32.0 Å². The third kappa shape index (κ3) is 4.08. The van der Waals surface area contributed by atoms with Gasteiger partial charge in [-0.2, -0.15) is 0 Å². The fourth-order valence-corrected chi connectivity index (χ4v) is 3.67. The van der Waals surface area contributed by atoms with Gasteiger partial charge in [0.05, 0.1) is 5.71 Å². The highest BCUT2D eigenvalue weighted by Crippen LogP contribution is 2.21. The summed E-state index contributed by atoms with van der Waals surface area (Å²) in [5.74, 6) is 1.94. The van der Waals surface area contributed by atoms with Gasteiger partial charge in [-0.3, -0.25) is 4.79 Å². The molecule has 1 atom stereocenters. The van der Waals surface area contributed by atoms with Crippen molar-refractivity contribution in [3.8, 4) is 11.5 Å². The summed E-state index contributed by atoms with van der Waals surface area (Å²) in [7, 11) is 1.93. The van der Waals surface area contributed by atoms with Crippen molar-refractivity contribution in [1.82, 2.24) is 24.6 Å². The summed E-state index contributed by atoms with van der Waals surface area (Å²) >= 11 is 0. The first kappa shape index (κ1) is 19.4. The van der Waals surface area contributed by atoms with Crippen LogP contribution in [0.4, 0.5) is 5.82 Å². The average molecular weight is 397 g/mol. The Morgan fingerprint density at radius 3 is 2.69 bits per heavy atom. The third-order valence-electron chi connectivity index (χ3n) is 5.47. The van der Waals surface area contributed by atoms with Crippen LogP contribution in [-0.2, 0) is 16.7 Å². The van der Waals surface area contributed by atoms with Gasteiger partial charge in [0.25, 0.3) is 5.91 Å². The van der Waals surface area contributed by atoms with E-state index in [1.165, 1.54) is 0 Å². The van der Waals surface area contributed by atoms with Gasteiger partial charge in [-0.15, -0.1) is 10.2 Å². The molecule has 1 unspecified atom stereocenters. The molecule has 0 radical (unpaired) electrons. The SMILES string of the molecule is CC(C)C1=NOC(C(=O)N2CCCN(c3ccc(-c4nccn4C)nn3)CC2)C1. The molecule has 2 aromatic heterocycles. The van der Waals surface area contributed by atoms with E-state index in [1.54, 1.807) is 6.20 Å². The summed E-state index contributed by atoms with van der Waals surface area (Å²) in [4.78, 5) is 26.6. The lowest BCUT2D eigenvalue weighted by Crippen LogP contribution is -2.41. The standard InChI is InChI=1S/C20H27N7O2/c1-14(2)16-13-17(29-24-16)20(28)27-9-4-8-26(11-12-27)18-6-5-15(22-23-18)19-21-7-10-25(19)3/h5-7,10,14,17H,4,8-9,11-13H2,1-3H3. The smallest absolute Gasteiger partial charge is 0.266 e. The van der Waals surface area contributed by atoms with E-state index in [-0.39, 0.29) is 5.91 Å². The molecule has 0 spiro atoms. The number of anilines is 1. The zero-order valence-electron chi connectivity index (χ0n) is 17.2. The van der Waals surface area contributed by atoms with Crippen LogP contribution in [0.5, 0.6) is 0 Å². The highest BCUT2D eigenvalue weighted by atomic mass is 16.6. The van der Waals surface area contributed by atoms with Gasteiger partial charge in [0, 0.05) is 52.0 Å². The molecule has 0 bridgehead atoms. The maximum absolute atomic E-state index is 12.8. The van der Waals surface area contributed by atoms with Crippen molar-refractivity contribution < 1.29 is 9.63 Å². The summed E-state index contributed by atoms with van der Waals surface area (Å²) < 4.78 is 1.92. The molecule has 2 aliphatic rings. The van der Waals surface area contributed by atoms with Gasteiger partial charge in [-0.1, -0.05) is 19.0 Å². The van der Waals surface area contributed by atoms with Crippen LogP contribution in [0, 0.1) is 5.92 Å². The Hall–Kier alpha value is -2.97. The van der Waals surface area contributed by atoms with Crippen LogP contribution in [0.25, 0.3) is 11.5 Å². The van der Waals surface area contributed by atoms with E-state index in [4.69, 9.17) is 4.84 Å². The van der Waals surface area contributed by atoms with Gasteiger partial charge in [-0.25, -0.2) is 4.98 Å². The summed E-state index contributed by atoms with van der Waals surface area (Å²) in [6, 6.07) is 3.91. The molecule has 9 nitrogen and oxygen atoms in total. The maximum atomic E-state index is 12.8. The molecule has 1 amide bonds. The van der Waals surface area contributed by atoms with E-state index < -0.39 is 6.10 Å². The number of rotatable bonds is 4. The molecule has 9 heteroatoms. The predicted octanol–water partition coefficient (Wildman–Crippen LogP) is 1.72. The fourth-order valence-electron chi connectivity index (χ4n) is 3.67. The Morgan fingerprint density at radius 1 is 1.17 bits per heavy atom. The molecule has 4 heterocycles. The Bertz CT molecular complexity index is 890. The predicted molar refractivity (Wildman–Crippen MR) is 109 cm³/mol. The number of carbonyl (C=O) groups excluding carboxylic acids is 1. The molecule has 4 rings (SSSR count). The molecule has 29 heavy (non-hydrogen) atoms. The van der Waals surface area contributed by atoms with Crippen molar-refractivity contribution in [2.45, 2.75) is 32.8 Å². The second-order valence-electron chi connectivity index (χ2n) is 7.84. The molecule has 2 aromatic rings. The van der Waals surface area contributed by atoms with Crippen molar-refractivity contribution >= 4 is 17.4 Å². The highest BCUT2D eigenvalue weighted by Gasteiger charge is 2.33. The molecular weight excluding hydrogens is 370 g/mol. The van der Waals surface area contributed by atoms with Crippen LogP contribution in [0.1, 0.15) is 26.7 Å². The number of hydrogen-bond donors (Lipinski definition) is 0. The average Bonchev–Trinajstić information content (AvgIpc) is 3.31. The number of oxime groups is 1. The number of carbonyl (C=O) groups is 1. The van der Waals surface area contributed by atoms with Gasteiger partial charge in [0.2, 0.25) is 6.10 Å². The van der Waals surface area contributed by atoms with Crippen LogP contribution < -0.4 is 4.90 Å². The van der Waals surface area contributed by atoms with Gasteiger partial charge in [0.15, 0.2) is 11.6 Å². The van der Waals surface area contributed by atoms with Crippen molar-refractivity contribution in [2.24, 2.45) is 18.1 Å². The molecule has 154 valence electrons. The summed E-state index contributed by atoms with van der Waals surface area (Å²) in [5.41, 5.74) is 1.70. The largest absolute Gasteiger partial charge is 0.382 e. The minimum atomic E-state index is -0.476. The van der Waals surface area contributed by atoms with Crippen LogP contribution in [0.2, 0.25) is 0 Å². The number of aryl methyl sites for hydroxylation is 1. The molecule has 1 fully saturated rings. The first-order valence-corrected chi connectivity index (χ1v) is 10.1. The number of imidazole rings is 1. The summed E-state index contributed by atoms with van der Waals surface area (Å²) in [6.45, 7) is 7.04. The van der Waals surface area contributed by atoms with Crippen molar-refractivity contribution in [3.05, 3.63) is 24.5 Å². The van der Waals surface area contributed by atoms with E-state index in [0.717, 1.165) is 36.0 Å². The lowest BCUT2D eigenvalue weighted by molar-refractivity contribution is -0.141. The summed E-state index contributed by atoms with van der Waals surface area (Å²) in [6.07, 6.45) is 4.62. The van der Waals surface area contributed by atoms with Gasteiger partial charge < -0.3 is 19.2 Å². The quantitative estimate of drug-likeness (QED) is 0.780. The molecule has 0 aliphatic carbocycles. The lowest BCUT2D eigenvalue weighted by atomic mass is 10.0. The molecule has 0 N–H and O–H groups in total. The molecule has 1 saturated heterocycles. The van der Waals surface area contributed by atoms with Crippen molar-refractivity contribution in [2.75, 3.05) is 31.1 Å². The zero-order chi connectivity index (χ0) is 20.4. The van der Waals surface area contributed by atoms with Gasteiger partial charge >= 0.3 is 0 Å². The fraction of sp³-hybridized carbons (Fsp3) is 0.550. The van der Waals surface area contributed by atoms with E-state index in [1.807, 2.05) is 34.8 Å². The van der Waals surface area contributed by atoms with Gasteiger partial charge in [0.1, 0.15) is 5.69 Å². The Kier molecular flexibility index (Phi) is 5.46. The van der Waals surface area contributed by atoms with E-state index in [2.05, 4.69) is 39.1 Å². The maximum Gasteiger partial charge on any atom is 0.266 e. The second-order valence-corrected chi connectivity index (χ2v) is 7.84. The zero-order valence-corrected chi connectivity index (χ0v) is 17.2. The summed E-state index contributed by atoms with van der Waals surface area (Å²) in [5, 5.41) is 12.8. The Morgan fingerprint density at radius 2 is 2.03 bits per heavy atom. The molecule has 2 aliphatic heterocycles. The number of aromatic nitrogens is 4. The second kappa shape index (κ2) is 8.18. The number of amides is 1. The van der Waals surface area contributed by atoms with Crippen molar-refractivity contribution in [1.29, 1.82) is 0 Å². The van der Waals surface area contributed by atoms with Gasteiger partial charge in [-0.05, 0) is 24.5 Å². The molecular formula is C20H27N7O2. The third-order valence-corrected chi connectivity index (χ3v) is 5.47. The lowest BCUT2D eigenvalue weighted by Gasteiger charge is -2.24. The normalized spacial score (nSPS) is 19.9. The molecule has 0 saturated carbocycles. The first-order chi connectivity index (χ1) is 14.0. The van der Waals surface area contributed by atoms with Crippen LogP contribution in [-0.4, -0.2) is 68.6 Å². The number of hydrogen-bond acceptors (Lipinski definition) is 7. The number of nitrogens with zero attached hydrogens (tertiary/aromatic N) is 7. The topological polar surface area (TPSA) is 88.7 Å². The minimum absolute atomic E-state index is 0.0301. The van der Waals surface area contributed by atoms with Crippen molar-refractivity contribution in [3.63, 3.8) is 0 Å². The molecule has 0 aromatic carbocycles. The first-order valence-electron chi connectivity index (χ1n) is 10.1. The van der Waals surface area contributed by atoms with Crippen LogP contribution in [0.3, 0.4) is 0 Å². The van der Waals surface area contributed by atoms with Crippen LogP contribution in [0.15, 0.2) is 29.7 Å². The highest BCUT2D eigenvalue weighted by molar-refractivity contribution is 5.93.